The van der Waals surface area contributed by atoms with Gasteiger partial charge in [-0.3, -0.25) is 9.97 Å². The molecule has 4 aromatic heterocycles. The van der Waals surface area contributed by atoms with Crippen LogP contribution in [0, 0.1) is 6.92 Å². The van der Waals surface area contributed by atoms with Crippen molar-refractivity contribution < 1.29 is 23.4 Å². The van der Waals surface area contributed by atoms with Crippen LogP contribution in [0.5, 0.6) is 0 Å². The number of anilines is 2. The van der Waals surface area contributed by atoms with E-state index in [-0.39, 0.29) is 5.82 Å². The summed E-state index contributed by atoms with van der Waals surface area (Å²) >= 11 is 0. The summed E-state index contributed by atoms with van der Waals surface area (Å²) in [5.74, 6) is 0.562. The maximum Gasteiger partial charge on any atom is 0.417 e. The van der Waals surface area contributed by atoms with Crippen molar-refractivity contribution in [2.24, 2.45) is 0 Å². The monoisotopic (exact) mass is 441 g/mol. The highest BCUT2D eigenvalue weighted by molar-refractivity contribution is 5.91. The van der Waals surface area contributed by atoms with E-state index in [0.29, 0.717) is 22.6 Å². The fourth-order valence-electron chi connectivity index (χ4n) is 3.22. The number of pyridine rings is 4. The first-order valence-electron chi connectivity index (χ1n) is 9.57. The Labute approximate surface area is 180 Å². The highest BCUT2D eigenvalue weighted by Crippen LogP contribution is 2.31. The third-order valence-electron chi connectivity index (χ3n) is 4.87. The smallest absolute Gasteiger partial charge is 0.393 e. The van der Waals surface area contributed by atoms with Crippen molar-refractivity contribution >= 4 is 22.5 Å². The molecule has 4 rings (SSSR count). The highest BCUT2D eigenvalue weighted by atomic mass is 19.4. The zero-order valence-corrected chi connectivity index (χ0v) is 16.8. The zero-order valence-electron chi connectivity index (χ0n) is 16.8. The number of nitrogens with one attached hydrogen (secondary N) is 1. The molecule has 0 bridgehead atoms. The SMILES string of the molecule is Cc1cc(C(O)CO)cnc1-c1cnc2c(Nc3ccc(C(F)(F)F)cn3)nccc2c1. The number of alkyl halides is 3. The summed E-state index contributed by atoms with van der Waals surface area (Å²) in [5.41, 5.74) is 2.41. The number of aryl methyl sites for hydroxylation is 1. The Kier molecular flexibility index (Phi) is 5.72. The van der Waals surface area contributed by atoms with Gasteiger partial charge in [0.2, 0.25) is 0 Å². The van der Waals surface area contributed by atoms with E-state index in [1.165, 1.54) is 12.3 Å². The van der Waals surface area contributed by atoms with E-state index in [0.717, 1.165) is 28.8 Å². The molecule has 7 nitrogen and oxygen atoms in total. The molecule has 0 aliphatic heterocycles. The van der Waals surface area contributed by atoms with Crippen LogP contribution in [-0.2, 0) is 6.18 Å². The van der Waals surface area contributed by atoms with Crippen molar-refractivity contribution in [3.8, 4) is 11.3 Å². The molecule has 4 heterocycles. The molecule has 4 aromatic rings. The van der Waals surface area contributed by atoms with Gasteiger partial charge in [-0.1, -0.05) is 0 Å². The number of aliphatic hydroxyl groups excluding tert-OH is 2. The molecular formula is C22H18F3N5O2. The van der Waals surface area contributed by atoms with Gasteiger partial charge in [0.1, 0.15) is 17.4 Å². The lowest BCUT2D eigenvalue weighted by molar-refractivity contribution is -0.137. The first-order valence-corrected chi connectivity index (χ1v) is 9.57. The van der Waals surface area contributed by atoms with Crippen LogP contribution in [0.4, 0.5) is 24.8 Å². The van der Waals surface area contributed by atoms with Crippen molar-refractivity contribution in [3.63, 3.8) is 0 Å². The first-order chi connectivity index (χ1) is 15.3. The fourth-order valence-corrected chi connectivity index (χ4v) is 3.22. The number of hydrogen-bond donors (Lipinski definition) is 3. The van der Waals surface area contributed by atoms with Crippen LogP contribution in [0.2, 0.25) is 0 Å². The average Bonchev–Trinajstić information content (AvgIpc) is 2.78. The van der Waals surface area contributed by atoms with Gasteiger partial charge in [-0.15, -0.1) is 0 Å². The Morgan fingerprint density at radius 3 is 2.47 bits per heavy atom. The lowest BCUT2D eigenvalue weighted by Gasteiger charge is -2.12. The molecule has 0 fully saturated rings. The third kappa shape index (κ3) is 4.36. The van der Waals surface area contributed by atoms with Gasteiger partial charge < -0.3 is 15.5 Å². The number of hydrogen-bond acceptors (Lipinski definition) is 7. The standard InChI is InChI=1S/C22H18F3N5O2/c1-12-6-14(17(32)11-31)8-28-19(12)15-7-13-4-5-26-21(20(13)29-9-15)30-18-3-2-16(10-27-18)22(23,24)25/h2-10,17,31-32H,11H2,1H3,(H,26,27,30). The summed E-state index contributed by atoms with van der Waals surface area (Å²) in [4.78, 5) is 16.9. The summed E-state index contributed by atoms with van der Waals surface area (Å²) in [5, 5.41) is 22.5. The molecule has 1 atom stereocenters. The van der Waals surface area contributed by atoms with Crippen LogP contribution in [0.25, 0.3) is 22.2 Å². The van der Waals surface area contributed by atoms with Gasteiger partial charge >= 0.3 is 6.18 Å². The van der Waals surface area contributed by atoms with E-state index in [1.807, 2.05) is 13.0 Å². The second-order valence-corrected chi connectivity index (χ2v) is 7.14. The average molecular weight is 441 g/mol. The molecule has 0 amide bonds. The van der Waals surface area contributed by atoms with Gasteiger partial charge in [0.25, 0.3) is 0 Å². The minimum absolute atomic E-state index is 0.208. The third-order valence-corrected chi connectivity index (χ3v) is 4.87. The van der Waals surface area contributed by atoms with Crippen molar-refractivity contribution in [1.82, 2.24) is 19.9 Å². The maximum absolute atomic E-state index is 12.7. The van der Waals surface area contributed by atoms with Gasteiger partial charge in [0.05, 0.1) is 17.9 Å². The molecular weight excluding hydrogens is 423 g/mol. The molecule has 0 aliphatic carbocycles. The Bertz CT molecular complexity index is 1260. The lowest BCUT2D eigenvalue weighted by atomic mass is 10.0. The van der Waals surface area contributed by atoms with Crippen LogP contribution >= 0.6 is 0 Å². The lowest BCUT2D eigenvalue weighted by Crippen LogP contribution is -2.06. The number of nitrogens with zero attached hydrogens (tertiary/aromatic N) is 4. The van der Waals surface area contributed by atoms with Gasteiger partial charge in [-0.2, -0.15) is 13.2 Å². The molecule has 0 radical (unpaired) electrons. The number of fused-ring (bicyclic) bond motifs is 1. The Morgan fingerprint density at radius 2 is 1.81 bits per heavy atom. The van der Waals surface area contributed by atoms with Crippen LogP contribution in [0.3, 0.4) is 0 Å². The number of aromatic nitrogens is 4. The van der Waals surface area contributed by atoms with Crippen molar-refractivity contribution in [3.05, 3.63) is 71.8 Å². The Balaban J connectivity index is 1.64. The zero-order chi connectivity index (χ0) is 22.9. The number of rotatable bonds is 5. The predicted molar refractivity (Wildman–Crippen MR) is 112 cm³/mol. The van der Waals surface area contributed by atoms with E-state index in [1.54, 1.807) is 24.5 Å². The normalized spacial score (nSPS) is 12.7. The molecule has 10 heteroatoms. The van der Waals surface area contributed by atoms with Crippen LogP contribution in [0.15, 0.2) is 55.1 Å². The van der Waals surface area contributed by atoms with Gasteiger partial charge in [0, 0.05) is 41.3 Å². The summed E-state index contributed by atoms with van der Waals surface area (Å²) in [6.07, 6.45) is -0.0207. The number of halogens is 3. The van der Waals surface area contributed by atoms with Crippen molar-refractivity contribution in [2.45, 2.75) is 19.2 Å². The van der Waals surface area contributed by atoms with E-state index in [2.05, 4.69) is 25.3 Å². The van der Waals surface area contributed by atoms with Crippen LogP contribution in [0.1, 0.15) is 22.8 Å². The number of aliphatic hydroxyl groups is 2. The van der Waals surface area contributed by atoms with Gasteiger partial charge in [0.15, 0.2) is 5.82 Å². The van der Waals surface area contributed by atoms with Crippen molar-refractivity contribution in [2.75, 3.05) is 11.9 Å². The first kappa shape index (κ1) is 21.6. The second kappa shape index (κ2) is 8.48. The van der Waals surface area contributed by atoms with Crippen LogP contribution in [-0.4, -0.2) is 36.8 Å². The van der Waals surface area contributed by atoms with Gasteiger partial charge in [-0.05, 0) is 42.8 Å². The molecule has 164 valence electrons. The van der Waals surface area contributed by atoms with Crippen LogP contribution < -0.4 is 5.32 Å². The van der Waals surface area contributed by atoms with E-state index < -0.39 is 24.5 Å². The summed E-state index contributed by atoms with van der Waals surface area (Å²) in [6.45, 7) is 1.45. The Morgan fingerprint density at radius 1 is 1.00 bits per heavy atom. The molecule has 32 heavy (non-hydrogen) atoms. The van der Waals surface area contributed by atoms with E-state index in [4.69, 9.17) is 5.11 Å². The summed E-state index contributed by atoms with van der Waals surface area (Å²) in [6, 6.07) is 7.55. The van der Waals surface area contributed by atoms with Gasteiger partial charge in [-0.25, -0.2) is 9.97 Å². The molecule has 0 aliphatic rings. The summed E-state index contributed by atoms with van der Waals surface area (Å²) < 4.78 is 38.2. The summed E-state index contributed by atoms with van der Waals surface area (Å²) in [7, 11) is 0. The molecule has 0 saturated carbocycles. The molecule has 0 aromatic carbocycles. The predicted octanol–water partition coefficient (Wildman–Crippen LogP) is 4.18. The van der Waals surface area contributed by atoms with E-state index >= 15 is 0 Å². The molecule has 0 saturated heterocycles. The second-order valence-electron chi connectivity index (χ2n) is 7.14. The fraction of sp³-hybridized carbons (Fsp3) is 0.182. The Hall–Kier alpha value is -3.63. The molecule has 3 N–H and O–H groups in total. The van der Waals surface area contributed by atoms with Crippen molar-refractivity contribution in [1.29, 1.82) is 0 Å². The molecule has 0 spiro atoms. The highest BCUT2D eigenvalue weighted by Gasteiger charge is 2.30. The minimum atomic E-state index is -4.46. The minimum Gasteiger partial charge on any atom is -0.393 e. The van der Waals surface area contributed by atoms with E-state index in [9.17, 15) is 18.3 Å². The largest absolute Gasteiger partial charge is 0.417 e. The maximum atomic E-state index is 12.7. The topological polar surface area (TPSA) is 104 Å². The molecule has 1 unspecified atom stereocenters. The quantitative estimate of drug-likeness (QED) is 0.427.